The lowest BCUT2D eigenvalue weighted by atomic mass is 9.35. The van der Waals surface area contributed by atoms with Crippen LogP contribution in [0.25, 0.3) is 0 Å². The van der Waals surface area contributed by atoms with Crippen LogP contribution in [0, 0.1) is 17.3 Å². The number of methoxy groups -OCH3 is 2. The standard InChI is InChI=1S/C33H42N2O5S/c1-38-26-12-11-24-17-27-31-13-14-33(39-2,25(18-31)21-35(41(3,36)37)20-22-7-5-4-6-8-22)30-32(31,28(24)29(26)40-30)15-16-34(27)19-23-9-10-23/h4-8,11-12,23,25,27,30H,9-10,13-21H2,1-3H3/t25-,27-,30-,31?,32?,33?/m1/s1. The zero-order valence-electron chi connectivity index (χ0n) is 24.5. The van der Waals surface area contributed by atoms with E-state index in [1.165, 1.54) is 36.8 Å². The summed E-state index contributed by atoms with van der Waals surface area (Å²) in [6, 6.07) is 14.8. The highest BCUT2D eigenvalue weighted by molar-refractivity contribution is 7.88. The Morgan fingerprint density at radius 1 is 1.07 bits per heavy atom. The first-order valence-electron chi connectivity index (χ1n) is 15.4. The fourth-order valence-corrected chi connectivity index (χ4v) is 11.1. The number of benzene rings is 2. The van der Waals surface area contributed by atoms with Gasteiger partial charge >= 0.3 is 0 Å². The Labute approximate surface area is 244 Å². The van der Waals surface area contributed by atoms with Crippen molar-refractivity contribution in [2.45, 2.75) is 74.7 Å². The first-order chi connectivity index (χ1) is 19.8. The SMILES string of the molecule is COc1ccc2c3c1O[C@H]1C4(OC)CCC5(C[C@@H]4CN(Cc4ccccc4)S(C)(=O)=O)[C@@H](C2)N(CC2CC2)CCC315. The summed E-state index contributed by atoms with van der Waals surface area (Å²) in [6.45, 7) is 3.09. The maximum Gasteiger partial charge on any atom is 0.211 e. The molecule has 0 amide bonds. The van der Waals surface area contributed by atoms with Crippen molar-refractivity contribution >= 4 is 10.0 Å². The van der Waals surface area contributed by atoms with Gasteiger partial charge in [-0.1, -0.05) is 36.4 Å². The van der Waals surface area contributed by atoms with Crippen molar-refractivity contribution in [1.29, 1.82) is 0 Å². The van der Waals surface area contributed by atoms with Gasteiger partial charge < -0.3 is 14.2 Å². The molecule has 41 heavy (non-hydrogen) atoms. The Balaban J connectivity index is 1.26. The van der Waals surface area contributed by atoms with E-state index in [0.29, 0.717) is 19.1 Å². The average molecular weight is 579 g/mol. The van der Waals surface area contributed by atoms with Gasteiger partial charge in [-0.05, 0) is 74.6 Å². The molecule has 7 aliphatic rings. The summed E-state index contributed by atoms with van der Waals surface area (Å²) in [5.74, 6) is 2.59. The molecule has 7 nitrogen and oxygen atoms in total. The molecule has 6 atom stereocenters. The van der Waals surface area contributed by atoms with E-state index in [9.17, 15) is 8.42 Å². The quantitative estimate of drug-likeness (QED) is 0.440. The maximum atomic E-state index is 13.3. The Morgan fingerprint density at radius 3 is 2.59 bits per heavy atom. The molecule has 0 radical (unpaired) electrons. The van der Waals surface area contributed by atoms with Crippen LogP contribution >= 0.6 is 0 Å². The average Bonchev–Trinajstić information content (AvgIpc) is 3.71. The molecule has 0 N–H and O–H groups in total. The molecule has 2 spiro atoms. The number of nitrogens with zero attached hydrogens (tertiary/aromatic N) is 2. The van der Waals surface area contributed by atoms with Crippen LogP contribution in [0.2, 0.25) is 0 Å². The van der Waals surface area contributed by atoms with Crippen LogP contribution in [0.3, 0.4) is 0 Å². The lowest BCUT2D eigenvalue weighted by Gasteiger charge is -2.74. The van der Waals surface area contributed by atoms with Gasteiger partial charge in [-0.3, -0.25) is 4.90 Å². The summed E-state index contributed by atoms with van der Waals surface area (Å²) in [7, 11) is 0.117. The predicted molar refractivity (Wildman–Crippen MR) is 157 cm³/mol. The third-order valence-electron chi connectivity index (χ3n) is 12.1. The second-order valence-corrected chi connectivity index (χ2v) is 15.7. The van der Waals surface area contributed by atoms with Crippen LogP contribution in [0.4, 0.5) is 0 Å². The number of piperidine rings is 1. The number of ether oxygens (including phenoxy) is 3. The second kappa shape index (κ2) is 8.94. The Morgan fingerprint density at radius 2 is 1.88 bits per heavy atom. The van der Waals surface area contributed by atoms with Crippen molar-refractivity contribution < 1.29 is 22.6 Å². The lowest BCUT2D eigenvalue weighted by molar-refractivity contribution is -0.277. The molecule has 220 valence electrons. The van der Waals surface area contributed by atoms with Crippen LogP contribution in [0.15, 0.2) is 42.5 Å². The first-order valence-corrected chi connectivity index (χ1v) is 17.3. The molecule has 0 aromatic heterocycles. The molecule has 8 heteroatoms. The molecule has 2 heterocycles. The third kappa shape index (κ3) is 3.51. The Kier molecular flexibility index (Phi) is 5.78. The Bertz CT molecular complexity index is 1480. The van der Waals surface area contributed by atoms with E-state index in [1.54, 1.807) is 11.4 Å². The van der Waals surface area contributed by atoms with E-state index < -0.39 is 15.6 Å². The summed E-state index contributed by atoms with van der Waals surface area (Å²) < 4.78 is 47.9. The smallest absolute Gasteiger partial charge is 0.211 e. The largest absolute Gasteiger partial charge is 0.493 e. The van der Waals surface area contributed by atoms with Crippen LogP contribution in [-0.4, -0.2) is 75.5 Å². The van der Waals surface area contributed by atoms with Crippen molar-refractivity contribution in [2.75, 3.05) is 40.1 Å². The van der Waals surface area contributed by atoms with Crippen molar-refractivity contribution in [1.82, 2.24) is 9.21 Å². The molecule has 2 aliphatic heterocycles. The van der Waals surface area contributed by atoms with Crippen LogP contribution in [0.5, 0.6) is 11.5 Å². The number of hydrogen-bond donors (Lipinski definition) is 0. The minimum Gasteiger partial charge on any atom is -0.493 e. The van der Waals surface area contributed by atoms with Crippen molar-refractivity contribution in [3.8, 4) is 11.5 Å². The van der Waals surface area contributed by atoms with E-state index in [0.717, 1.165) is 61.6 Å². The van der Waals surface area contributed by atoms with Gasteiger partial charge in [0, 0.05) is 55.1 Å². The predicted octanol–water partition coefficient (Wildman–Crippen LogP) is 4.38. The van der Waals surface area contributed by atoms with E-state index in [4.69, 9.17) is 14.2 Å². The second-order valence-electron chi connectivity index (χ2n) is 13.8. The van der Waals surface area contributed by atoms with Crippen molar-refractivity contribution in [3.05, 3.63) is 59.2 Å². The van der Waals surface area contributed by atoms with Crippen LogP contribution < -0.4 is 9.47 Å². The van der Waals surface area contributed by atoms with Gasteiger partial charge in [-0.2, -0.15) is 4.31 Å². The van der Waals surface area contributed by atoms with E-state index in [2.05, 4.69) is 17.0 Å². The summed E-state index contributed by atoms with van der Waals surface area (Å²) >= 11 is 0. The summed E-state index contributed by atoms with van der Waals surface area (Å²) in [5, 5.41) is 0. The fraction of sp³-hybridized carbons (Fsp3) is 0.636. The van der Waals surface area contributed by atoms with Crippen molar-refractivity contribution in [2.24, 2.45) is 17.3 Å². The van der Waals surface area contributed by atoms with E-state index in [1.807, 2.05) is 37.4 Å². The molecule has 5 fully saturated rings. The monoisotopic (exact) mass is 578 g/mol. The normalized spacial score (nSPS) is 36.7. The molecule has 9 rings (SSSR count). The minimum absolute atomic E-state index is 0.0241. The van der Waals surface area contributed by atoms with Gasteiger partial charge in [0.1, 0.15) is 11.7 Å². The van der Waals surface area contributed by atoms with Crippen molar-refractivity contribution in [3.63, 3.8) is 0 Å². The molecule has 1 saturated heterocycles. The van der Waals surface area contributed by atoms with Gasteiger partial charge in [-0.15, -0.1) is 0 Å². The zero-order chi connectivity index (χ0) is 28.2. The van der Waals surface area contributed by atoms with Gasteiger partial charge in [-0.25, -0.2) is 8.42 Å². The topological polar surface area (TPSA) is 68.3 Å². The van der Waals surface area contributed by atoms with Crippen LogP contribution in [0.1, 0.15) is 55.2 Å². The van der Waals surface area contributed by atoms with Gasteiger partial charge in [0.25, 0.3) is 0 Å². The minimum atomic E-state index is -3.45. The Hall–Kier alpha value is -2.13. The summed E-state index contributed by atoms with van der Waals surface area (Å²) in [4.78, 5) is 2.83. The fourth-order valence-electron chi connectivity index (χ4n) is 10.3. The first kappa shape index (κ1) is 26.5. The molecule has 4 bridgehead atoms. The molecule has 2 aromatic carbocycles. The van der Waals surface area contributed by atoms with E-state index in [-0.39, 0.29) is 22.9 Å². The lowest BCUT2D eigenvalue weighted by Crippen LogP contribution is -2.81. The maximum absolute atomic E-state index is 13.3. The highest BCUT2D eigenvalue weighted by atomic mass is 32.2. The summed E-state index contributed by atoms with van der Waals surface area (Å²) in [6.07, 6.45) is 8.94. The number of fused-ring (bicyclic) bond motifs is 2. The zero-order valence-corrected chi connectivity index (χ0v) is 25.3. The molecule has 4 saturated carbocycles. The number of hydrogen-bond acceptors (Lipinski definition) is 6. The molecular formula is C33H42N2O5S. The number of rotatable bonds is 9. The van der Waals surface area contributed by atoms with E-state index >= 15 is 0 Å². The highest BCUT2D eigenvalue weighted by Gasteiger charge is 2.80. The summed E-state index contributed by atoms with van der Waals surface area (Å²) in [5.41, 5.74) is 3.13. The number of sulfonamides is 1. The molecule has 3 unspecified atom stereocenters. The highest BCUT2D eigenvalue weighted by Crippen LogP contribution is 2.76. The third-order valence-corrected chi connectivity index (χ3v) is 13.3. The number of likely N-dealkylation sites (tertiary alicyclic amines) is 1. The van der Waals surface area contributed by atoms with Gasteiger partial charge in [0.15, 0.2) is 11.5 Å². The molecular weight excluding hydrogens is 536 g/mol. The van der Waals surface area contributed by atoms with Gasteiger partial charge in [0.05, 0.1) is 13.4 Å². The van der Waals surface area contributed by atoms with Crippen LogP contribution in [-0.2, 0) is 33.1 Å². The molecule has 5 aliphatic carbocycles. The van der Waals surface area contributed by atoms with Gasteiger partial charge in [0.2, 0.25) is 10.0 Å². The molecule has 2 aromatic rings.